The monoisotopic (exact) mass is 742 g/mol. The van der Waals surface area contributed by atoms with E-state index in [4.69, 9.17) is 8.83 Å². The second kappa shape index (κ2) is 12.9. The lowest BCUT2D eigenvalue weighted by atomic mass is 10.0. The van der Waals surface area contributed by atoms with Crippen molar-refractivity contribution in [3.8, 4) is 27.9 Å². The molecule has 0 N–H and O–H groups in total. The van der Waals surface area contributed by atoms with Gasteiger partial charge in [0.25, 0.3) is 0 Å². The third kappa shape index (κ3) is 5.02. The minimum absolute atomic E-state index is 0.861. The number of para-hydroxylation sites is 5. The average molecular weight is 743 g/mol. The number of anilines is 3. The number of aromatic nitrogens is 1. The largest absolute Gasteiger partial charge is 0.454 e. The Labute approximate surface area is 334 Å². The van der Waals surface area contributed by atoms with E-state index < -0.39 is 0 Å². The molecule has 0 radical (unpaired) electrons. The Morgan fingerprint density at radius 2 is 0.828 bits per heavy atom. The summed E-state index contributed by atoms with van der Waals surface area (Å²) in [6.45, 7) is 0. The van der Waals surface area contributed by atoms with Gasteiger partial charge in [-0.1, -0.05) is 140 Å². The van der Waals surface area contributed by atoms with Gasteiger partial charge in [-0.3, -0.25) is 0 Å². The zero-order valence-electron chi connectivity index (χ0n) is 31.3. The normalized spacial score (nSPS) is 11.8. The molecule has 0 amide bonds. The molecule has 12 aromatic rings. The van der Waals surface area contributed by atoms with Crippen molar-refractivity contribution >= 4 is 82.7 Å². The summed E-state index contributed by atoms with van der Waals surface area (Å²) in [5.74, 6) is 0. The third-order valence-electron chi connectivity index (χ3n) is 11.6. The zero-order chi connectivity index (χ0) is 38.2. The second-order valence-electron chi connectivity index (χ2n) is 14.9. The van der Waals surface area contributed by atoms with Gasteiger partial charge in [0.1, 0.15) is 11.2 Å². The molecule has 0 aliphatic carbocycles. The molecule has 0 saturated heterocycles. The van der Waals surface area contributed by atoms with Crippen LogP contribution in [-0.2, 0) is 0 Å². The van der Waals surface area contributed by atoms with E-state index in [0.717, 1.165) is 88.8 Å². The number of fused-ring (bicyclic) bond motifs is 9. The predicted octanol–water partition coefficient (Wildman–Crippen LogP) is 15.4. The highest BCUT2D eigenvalue weighted by Crippen LogP contribution is 2.44. The van der Waals surface area contributed by atoms with Crippen molar-refractivity contribution in [2.45, 2.75) is 0 Å². The smallest absolute Gasteiger partial charge is 0.159 e. The third-order valence-corrected chi connectivity index (χ3v) is 11.6. The fourth-order valence-corrected chi connectivity index (χ4v) is 8.89. The average Bonchev–Trinajstić information content (AvgIpc) is 3.97. The van der Waals surface area contributed by atoms with Crippen molar-refractivity contribution in [1.82, 2.24) is 4.57 Å². The molecule has 12 rings (SSSR count). The summed E-state index contributed by atoms with van der Waals surface area (Å²) < 4.78 is 15.5. The van der Waals surface area contributed by atoms with Crippen LogP contribution in [0.4, 0.5) is 17.1 Å². The first-order chi connectivity index (χ1) is 28.8. The Morgan fingerprint density at radius 1 is 0.328 bits per heavy atom. The van der Waals surface area contributed by atoms with Gasteiger partial charge in [0.15, 0.2) is 11.2 Å². The molecule has 0 atom stereocenters. The van der Waals surface area contributed by atoms with Gasteiger partial charge in [-0.25, -0.2) is 0 Å². The van der Waals surface area contributed by atoms with E-state index in [1.165, 1.54) is 21.9 Å². The van der Waals surface area contributed by atoms with E-state index >= 15 is 0 Å². The van der Waals surface area contributed by atoms with E-state index in [0.29, 0.717) is 0 Å². The molecule has 3 aromatic heterocycles. The molecule has 0 saturated carbocycles. The predicted molar refractivity (Wildman–Crippen MR) is 241 cm³/mol. The van der Waals surface area contributed by atoms with Gasteiger partial charge in [-0.15, -0.1) is 0 Å². The van der Waals surface area contributed by atoms with Crippen molar-refractivity contribution in [3.05, 3.63) is 206 Å². The van der Waals surface area contributed by atoms with E-state index in [9.17, 15) is 0 Å². The first-order valence-corrected chi connectivity index (χ1v) is 19.7. The summed E-state index contributed by atoms with van der Waals surface area (Å²) in [6.07, 6.45) is 0. The van der Waals surface area contributed by atoms with Crippen LogP contribution in [0.15, 0.2) is 215 Å². The summed E-state index contributed by atoms with van der Waals surface area (Å²) in [5.41, 5.74) is 14.6. The lowest BCUT2D eigenvalue weighted by Crippen LogP contribution is -2.10. The Bertz CT molecular complexity index is 3500. The van der Waals surface area contributed by atoms with Crippen molar-refractivity contribution < 1.29 is 8.83 Å². The lowest BCUT2D eigenvalue weighted by molar-refractivity contribution is 0.666. The SMILES string of the molecule is c1ccc(-c2ccc(N(c3ccc(-c4ccc5c(c4)c4ccccc4n5-c4cccc5c4oc4ccccc45)cc3)c3cccc4c3oc3ccccc34)cc2)cc1. The van der Waals surface area contributed by atoms with E-state index in [1.54, 1.807) is 0 Å². The molecule has 272 valence electrons. The molecule has 0 aliphatic heterocycles. The number of nitrogens with zero attached hydrogens (tertiary/aromatic N) is 2. The fraction of sp³-hybridized carbons (Fsp3) is 0. The summed E-state index contributed by atoms with van der Waals surface area (Å²) in [4.78, 5) is 2.30. The van der Waals surface area contributed by atoms with Crippen molar-refractivity contribution in [2.24, 2.45) is 0 Å². The van der Waals surface area contributed by atoms with Crippen molar-refractivity contribution in [3.63, 3.8) is 0 Å². The first kappa shape index (κ1) is 32.4. The van der Waals surface area contributed by atoms with Crippen molar-refractivity contribution in [1.29, 1.82) is 0 Å². The van der Waals surface area contributed by atoms with Crippen LogP contribution in [0.1, 0.15) is 0 Å². The van der Waals surface area contributed by atoms with Crippen LogP contribution in [-0.4, -0.2) is 4.57 Å². The Kier molecular flexibility index (Phi) is 7.20. The molecule has 4 heteroatoms. The van der Waals surface area contributed by atoms with Gasteiger partial charge < -0.3 is 18.3 Å². The Balaban J connectivity index is 0.980. The van der Waals surface area contributed by atoms with Crippen LogP contribution < -0.4 is 4.90 Å². The maximum Gasteiger partial charge on any atom is 0.159 e. The zero-order valence-corrected chi connectivity index (χ0v) is 31.3. The molecule has 0 unspecified atom stereocenters. The number of hydrogen-bond acceptors (Lipinski definition) is 3. The highest BCUT2D eigenvalue weighted by Gasteiger charge is 2.21. The standard InChI is InChI=1S/C54H34N2O2/c1-2-12-35(13-3-1)36-24-29-39(30-25-36)55(49-20-10-17-44-42-15-5-8-22-51(42)57-53(44)49)40-31-26-37(27-32-40)38-28-33-48-46(34-38)41-14-4-7-19-47(41)56(48)50-21-11-18-45-43-16-6-9-23-52(43)58-54(45)50/h1-34H. The maximum absolute atomic E-state index is 6.59. The number of rotatable bonds is 6. The van der Waals surface area contributed by atoms with Crippen LogP contribution in [0.3, 0.4) is 0 Å². The van der Waals surface area contributed by atoms with Crippen LogP contribution in [0.25, 0.3) is 93.6 Å². The first-order valence-electron chi connectivity index (χ1n) is 19.7. The molecular formula is C54H34N2O2. The fourth-order valence-electron chi connectivity index (χ4n) is 8.89. The summed E-state index contributed by atoms with van der Waals surface area (Å²) >= 11 is 0. The van der Waals surface area contributed by atoms with Crippen LogP contribution in [0, 0.1) is 0 Å². The Morgan fingerprint density at radius 3 is 1.53 bits per heavy atom. The summed E-state index contributed by atoms with van der Waals surface area (Å²) in [5, 5.41) is 6.85. The van der Waals surface area contributed by atoms with Crippen molar-refractivity contribution in [2.75, 3.05) is 4.90 Å². The number of furan rings is 2. The molecule has 0 fully saturated rings. The van der Waals surface area contributed by atoms with Crippen LogP contribution in [0.5, 0.6) is 0 Å². The Hall–Kier alpha value is -7.82. The van der Waals surface area contributed by atoms with Gasteiger partial charge in [0.05, 0.1) is 22.4 Å². The molecule has 58 heavy (non-hydrogen) atoms. The second-order valence-corrected chi connectivity index (χ2v) is 14.9. The quantitative estimate of drug-likeness (QED) is 0.170. The minimum Gasteiger partial charge on any atom is -0.454 e. The minimum atomic E-state index is 0.861. The molecule has 0 aliphatic rings. The van der Waals surface area contributed by atoms with Gasteiger partial charge in [0.2, 0.25) is 0 Å². The molecule has 3 heterocycles. The van der Waals surface area contributed by atoms with Crippen LogP contribution >= 0.6 is 0 Å². The summed E-state index contributed by atoms with van der Waals surface area (Å²) in [7, 11) is 0. The van der Waals surface area contributed by atoms with Gasteiger partial charge in [-0.05, 0) is 89.0 Å². The molecular weight excluding hydrogens is 709 g/mol. The highest BCUT2D eigenvalue weighted by atomic mass is 16.3. The molecule has 9 aromatic carbocycles. The number of hydrogen-bond donors (Lipinski definition) is 0. The molecule has 0 spiro atoms. The van der Waals surface area contributed by atoms with Gasteiger partial charge >= 0.3 is 0 Å². The molecule has 4 nitrogen and oxygen atoms in total. The highest BCUT2D eigenvalue weighted by molar-refractivity contribution is 6.14. The maximum atomic E-state index is 6.59. The lowest BCUT2D eigenvalue weighted by Gasteiger charge is -2.26. The molecule has 0 bridgehead atoms. The van der Waals surface area contributed by atoms with E-state index in [1.807, 2.05) is 24.3 Å². The van der Waals surface area contributed by atoms with E-state index in [-0.39, 0.29) is 0 Å². The van der Waals surface area contributed by atoms with E-state index in [2.05, 4.69) is 191 Å². The number of benzene rings is 9. The van der Waals surface area contributed by atoms with Gasteiger partial charge in [-0.2, -0.15) is 0 Å². The summed E-state index contributed by atoms with van der Waals surface area (Å²) in [6, 6.07) is 73.1. The van der Waals surface area contributed by atoms with Crippen LogP contribution in [0.2, 0.25) is 0 Å². The topological polar surface area (TPSA) is 34.5 Å². The van der Waals surface area contributed by atoms with Gasteiger partial charge in [0, 0.05) is 43.7 Å².